The summed E-state index contributed by atoms with van der Waals surface area (Å²) in [7, 11) is -1.32. The molecule has 0 aliphatic heterocycles. The molecule has 1 aliphatic carbocycles. The van der Waals surface area contributed by atoms with Crippen molar-refractivity contribution in [1.29, 1.82) is 0 Å². The van der Waals surface area contributed by atoms with Gasteiger partial charge >= 0.3 is 5.97 Å². The van der Waals surface area contributed by atoms with E-state index in [2.05, 4.69) is 5.32 Å². The summed E-state index contributed by atoms with van der Waals surface area (Å²) in [6, 6.07) is 12.4. The lowest BCUT2D eigenvalue weighted by atomic mass is 10.1. The van der Waals surface area contributed by atoms with Crippen molar-refractivity contribution in [1.82, 2.24) is 0 Å². The van der Waals surface area contributed by atoms with Crippen molar-refractivity contribution in [3.8, 4) is 0 Å². The number of hydrogen-bond acceptors (Lipinski definition) is 4. The molecule has 1 N–H and O–H groups in total. The SMILES string of the molecule is C[C@@H](OC(=O)c1ccccc1[S@@](C)=O)C(=O)Nc1ccc2c(c1)CCC2. The number of hydrogen-bond donors (Lipinski definition) is 1. The van der Waals surface area contributed by atoms with Gasteiger partial charge in [0, 0.05) is 11.9 Å². The molecule has 2 aromatic carbocycles. The lowest BCUT2D eigenvalue weighted by molar-refractivity contribution is -0.123. The molecule has 0 unspecified atom stereocenters. The molecule has 0 heterocycles. The Labute approximate surface area is 155 Å². The molecule has 0 saturated heterocycles. The topological polar surface area (TPSA) is 72.5 Å². The lowest BCUT2D eigenvalue weighted by Gasteiger charge is -2.15. The van der Waals surface area contributed by atoms with Gasteiger partial charge in [-0.05, 0) is 61.6 Å². The van der Waals surface area contributed by atoms with E-state index in [9.17, 15) is 13.8 Å². The van der Waals surface area contributed by atoms with Crippen LogP contribution in [-0.2, 0) is 33.2 Å². The largest absolute Gasteiger partial charge is 0.449 e. The normalized spacial score (nSPS) is 15.0. The summed E-state index contributed by atoms with van der Waals surface area (Å²) in [5.41, 5.74) is 3.50. The van der Waals surface area contributed by atoms with E-state index in [0.29, 0.717) is 10.6 Å². The predicted octanol–water partition coefficient (Wildman–Crippen LogP) is 3.10. The molecule has 2 aromatic rings. The first kappa shape index (κ1) is 18.3. The number of anilines is 1. The molecule has 0 spiro atoms. The van der Waals surface area contributed by atoms with E-state index in [1.165, 1.54) is 24.3 Å². The van der Waals surface area contributed by atoms with E-state index in [4.69, 9.17) is 4.74 Å². The first-order valence-electron chi connectivity index (χ1n) is 8.52. The number of aryl methyl sites for hydroxylation is 2. The van der Waals surface area contributed by atoms with Gasteiger partial charge in [0.1, 0.15) is 0 Å². The summed E-state index contributed by atoms with van der Waals surface area (Å²) in [4.78, 5) is 25.1. The second-order valence-corrected chi connectivity index (χ2v) is 7.67. The van der Waals surface area contributed by atoms with Crippen LogP contribution in [0.25, 0.3) is 0 Å². The highest BCUT2D eigenvalue weighted by Crippen LogP contribution is 2.25. The van der Waals surface area contributed by atoms with Gasteiger partial charge in [-0.25, -0.2) is 4.79 Å². The van der Waals surface area contributed by atoms with Crippen LogP contribution < -0.4 is 5.32 Å². The van der Waals surface area contributed by atoms with Gasteiger partial charge in [0.15, 0.2) is 6.10 Å². The van der Waals surface area contributed by atoms with Gasteiger partial charge in [0.05, 0.1) is 21.3 Å². The van der Waals surface area contributed by atoms with Crippen molar-refractivity contribution in [2.24, 2.45) is 0 Å². The van der Waals surface area contributed by atoms with E-state index in [0.717, 1.165) is 19.3 Å². The van der Waals surface area contributed by atoms with Crippen LogP contribution in [0.2, 0.25) is 0 Å². The number of nitrogens with one attached hydrogen (secondary N) is 1. The van der Waals surface area contributed by atoms with Gasteiger partial charge < -0.3 is 10.1 Å². The minimum absolute atomic E-state index is 0.213. The average Bonchev–Trinajstić information content (AvgIpc) is 3.09. The minimum Gasteiger partial charge on any atom is -0.449 e. The van der Waals surface area contributed by atoms with Crippen LogP contribution in [-0.4, -0.2) is 28.4 Å². The highest BCUT2D eigenvalue weighted by molar-refractivity contribution is 7.84. The fourth-order valence-electron chi connectivity index (χ4n) is 3.06. The van der Waals surface area contributed by atoms with Crippen molar-refractivity contribution in [2.75, 3.05) is 11.6 Å². The third kappa shape index (κ3) is 4.02. The van der Waals surface area contributed by atoms with Crippen LogP contribution >= 0.6 is 0 Å². The van der Waals surface area contributed by atoms with Gasteiger partial charge in [0.25, 0.3) is 5.91 Å². The molecule has 0 bridgehead atoms. The Bertz CT molecular complexity index is 878. The maximum Gasteiger partial charge on any atom is 0.340 e. The summed E-state index contributed by atoms with van der Waals surface area (Å²) >= 11 is 0. The fourth-order valence-corrected chi connectivity index (χ4v) is 3.79. The maximum absolute atomic E-state index is 12.4. The maximum atomic E-state index is 12.4. The first-order valence-corrected chi connectivity index (χ1v) is 10.1. The van der Waals surface area contributed by atoms with Crippen molar-refractivity contribution in [3.05, 3.63) is 59.2 Å². The lowest BCUT2D eigenvalue weighted by Crippen LogP contribution is -2.30. The number of fused-ring (bicyclic) bond motifs is 1. The van der Waals surface area contributed by atoms with Crippen LogP contribution in [0.3, 0.4) is 0 Å². The Morgan fingerprint density at radius 3 is 2.62 bits per heavy atom. The molecule has 0 radical (unpaired) electrons. The molecule has 1 aliphatic rings. The van der Waals surface area contributed by atoms with Crippen LogP contribution in [0.5, 0.6) is 0 Å². The highest BCUT2D eigenvalue weighted by atomic mass is 32.2. The number of benzene rings is 2. The van der Waals surface area contributed by atoms with Crippen LogP contribution in [0.1, 0.15) is 34.8 Å². The molecule has 5 nitrogen and oxygen atoms in total. The molecular formula is C20H21NO4S. The van der Waals surface area contributed by atoms with Crippen molar-refractivity contribution >= 4 is 28.4 Å². The summed E-state index contributed by atoms with van der Waals surface area (Å²) in [6.45, 7) is 1.52. The van der Waals surface area contributed by atoms with Crippen LogP contribution in [0.15, 0.2) is 47.4 Å². The van der Waals surface area contributed by atoms with Gasteiger partial charge in [-0.2, -0.15) is 0 Å². The summed E-state index contributed by atoms with van der Waals surface area (Å²) < 4.78 is 17.0. The van der Waals surface area contributed by atoms with Gasteiger partial charge in [-0.15, -0.1) is 0 Å². The molecular weight excluding hydrogens is 350 g/mol. The monoisotopic (exact) mass is 371 g/mol. The summed E-state index contributed by atoms with van der Waals surface area (Å²) in [5, 5.41) is 2.79. The molecule has 1 amide bonds. The van der Waals surface area contributed by atoms with Crippen molar-refractivity contribution in [2.45, 2.75) is 37.2 Å². The molecule has 2 atom stereocenters. The molecule has 0 saturated carbocycles. The number of carbonyl (C=O) groups excluding carboxylic acids is 2. The second kappa shape index (κ2) is 7.83. The Hall–Kier alpha value is -2.47. The molecule has 0 fully saturated rings. The van der Waals surface area contributed by atoms with E-state index in [1.807, 2.05) is 18.2 Å². The van der Waals surface area contributed by atoms with Crippen LogP contribution in [0.4, 0.5) is 5.69 Å². The number of ether oxygens (including phenoxy) is 1. The first-order chi connectivity index (χ1) is 12.5. The Morgan fingerprint density at radius 1 is 1.12 bits per heavy atom. The number of esters is 1. The van der Waals surface area contributed by atoms with Crippen molar-refractivity contribution < 1.29 is 18.5 Å². The predicted molar refractivity (Wildman–Crippen MR) is 101 cm³/mol. The second-order valence-electron chi connectivity index (χ2n) is 6.32. The Kier molecular flexibility index (Phi) is 5.52. The quantitative estimate of drug-likeness (QED) is 0.820. The third-order valence-corrected chi connectivity index (χ3v) is 5.41. The van der Waals surface area contributed by atoms with Gasteiger partial charge in [-0.3, -0.25) is 9.00 Å². The standard InChI is InChI=1S/C20H21NO4S/c1-13(25-20(23)17-8-3-4-9-18(17)26(2)24)19(22)21-16-11-10-14-6-5-7-15(14)12-16/h3-4,8-13H,5-7H2,1-2H3,(H,21,22)/t13-,26-/m1/s1. The minimum atomic E-state index is -1.32. The Balaban J connectivity index is 1.66. The summed E-state index contributed by atoms with van der Waals surface area (Å²) in [5.74, 6) is -1.06. The van der Waals surface area contributed by atoms with Gasteiger partial charge in [-0.1, -0.05) is 18.2 Å². The Morgan fingerprint density at radius 2 is 1.85 bits per heavy atom. The average molecular weight is 371 g/mol. The smallest absolute Gasteiger partial charge is 0.340 e. The van der Waals surface area contributed by atoms with Crippen molar-refractivity contribution in [3.63, 3.8) is 0 Å². The number of amides is 1. The van der Waals surface area contributed by atoms with Crippen LogP contribution in [0, 0.1) is 0 Å². The highest BCUT2D eigenvalue weighted by Gasteiger charge is 2.22. The van der Waals surface area contributed by atoms with E-state index in [-0.39, 0.29) is 5.56 Å². The molecule has 136 valence electrons. The zero-order valence-electron chi connectivity index (χ0n) is 14.8. The number of carbonyl (C=O) groups is 2. The molecule has 26 heavy (non-hydrogen) atoms. The third-order valence-electron chi connectivity index (χ3n) is 4.44. The molecule has 6 heteroatoms. The molecule has 3 rings (SSSR count). The van der Waals surface area contributed by atoms with E-state index >= 15 is 0 Å². The molecule has 0 aromatic heterocycles. The van der Waals surface area contributed by atoms with E-state index in [1.54, 1.807) is 24.3 Å². The van der Waals surface area contributed by atoms with E-state index < -0.39 is 28.8 Å². The fraction of sp³-hybridized carbons (Fsp3) is 0.300. The zero-order chi connectivity index (χ0) is 18.7. The van der Waals surface area contributed by atoms with Gasteiger partial charge in [0.2, 0.25) is 0 Å². The zero-order valence-corrected chi connectivity index (χ0v) is 15.6. The number of rotatable bonds is 5. The summed E-state index contributed by atoms with van der Waals surface area (Å²) in [6.07, 6.45) is 3.77.